The monoisotopic (exact) mass is 293 g/mol. The average molecular weight is 293 g/mol. The van der Waals surface area contributed by atoms with Gasteiger partial charge in [0.2, 0.25) is 0 Å². The lowest BCUT2D eigenvalue weighted by Crippen LogP contribution is -2.46. The molecule has 0 aromatic heterocycles. The average Bonchev–Trinajstić information content (AvgIpc) is 2.42. The van der Waals surface area contributed by atoms with E-state index in [-0.39, 0.29) is 18.4 Å². The molecule has 0 saturated heterocycles. The number of rotatable bonds is 7. The quantitative estimate of drug-likeness (QED) is 0.809. The standard InChI is InChI=1S/C16H23NO4/c1-10(2)12-7-5-6-8-13(12)21-9-14(18)17-15(11(3)4)16(19)20/h5-8,10-11,15H,9H2,1-4H3,(H,17,18)(H,19,20)/t15-/m1/s1. The van der Waals surface area contributed by atoms with E-state index in [0.29, 0.717) is 5.75 Å². The summed E-state index contributed by atoms with van der Waals surface area (Å²) in [4.78, 5) is 22.9. The smallest absolute Gasteiger partial charge is 0.326 e. The van der Waals surface area contributed by atoms with E-state index < -0.39 is 17.9 Å². The highest BCUT2D eigenvalue weighted by molar-refractivity contribution is 5.84. The fourth-order valence-electron chi connectivity index (χ4n) is 1.96. The largest absolute Gasteiger partial charge is 0.483 e. The van der Waals surface area contributed by atoms with Crippen LogP contribution in [0.1, 0.15) is 39.2 Å². The molecule has 1 aromatic rings. The number of benzene rings is 1. The van der Waals surface area contributed by atoms with Gasteiger partial charge in [0.05, 0.1) is 0 Å². The van der Waals surface area contributed by atoms with Gasteiger partial charge in [-0.25, -0.2) is 4.79 Å². The predicted octanol–water partition coefficient (Wildman–Crippen LogP) is 2.41. The molecule has 0 aliphatic rings. The molecule has 5 nitrogen and oxygen atoms in total. The van der Waals surface area contributed by atoms with E-state index in [1.807, 2.05) is 32.0 Å². The van der Waals surface area contributed by atoms with Crippen molar-refractivity contribution < 1.29 is 19.4 Å². The van der Waals surface area contributed by atoms with E-state index >= 15 is 0 Å². The van der Waals surface area contributed by atoms with Crippen molar-refractivity contribution in [2.24, 2.45) is 5.92 Å². The fraction of sp³-hybridized carbons (Fsp3) is 0.500. The van der Waals surface area contributed by atoms with Gasteiger partial charge in [0.1, 0.15) is 11.8 Å². The van der Waals surface area contributed by atoms with Crippen LogP contribution in [-0.4, -0.2) is 29.6 Å². The van der Waals surface area contributed by atoms with Crippen molar-refractivity contribution in [3.05, 3.63) is 29.8 Å². The SMILES string of the molecule is CC(C)c1ccccc1OCC(=O)N[C@@H](C(=O)O)C(C)C. The van der Waals surface area contributed by atoms with Crippen molar-refractivity contribution in [3.63, 3.8) is 0 Å². The molecule has 1 amide bonds. The van der Waals surface area contributed by atoms with E-state index in [0.717, 1.165) is 5.56 Å². The zero-order chi connectivity index (χ0) is 16.0. The highest BCUT2D eigenvalue weighted by Crippen LogP contribution is 2.25. The molecule has 0 aliphatic carbocycles. The number of carboxylic acids is 1. The Morgan fingerprint density at radius 2 is 1.81 bits per heavy atom. The van der Waals surface area contributed by atoms with E-state index in [4.69, 9.17) is 9.84 Å². The topological polar surface area (TPSA) is 75.6 Å². The summed E-state index contributed by atoms with van der Waals surface area (Å²) in [5.74, 6) is -0.726. The number of nitrogens with one attached hydrogen (secondary N) is 1. The fourth-order valence-corrected chi connectivity index (χ4v) is 1.96. The van der Waals surface area contributed by atoms with Crippen LogP contribution in [0.25, 0.3) is 0 Å². The molecule has 1 aromatic carbocycles. The maximum atomic E-state index is 11.8. The van der Waals surface area contributed by atoms with Crippen LogP contribution in [0.3, 0.4) is 0 Å². The van der Waals surface area contributed by atoms with Gasteiger partial charge in [-0.1, -0.05) is 45.9 Å². The normalized spacial score (nSPS) is 12.3. The Labute approximate surface area is 125 Å². The van der Waals surface area contributed by atoms with E-state index in [1.54, 1.807) is 19.9 Å². The van der Waals surface area contributed by atoms with Crippen LogP contribution in [-0.2, 0) is 9.59 Å². The number of para-hydroxylation sites is 1. The second-order valence-corrected chi connectivity index (χ2v) is 5.61. The predicted molar refractivity (Wildman–Crippen MR) is 80.4 cm³/mol. The summed E-state index contributed by atoms with van der Waals surface area (Å²) >= 11 is 0. The summed E-state index contributed by atoms with van der Waals surface area (Å²) in [6.07, 6.45) is 0. The summed E-state index contributed by atoms with van der Waals surface area (Å²) in [5.41, 5.74) is 1.02. The maximum Gasteiger partial charge on any atom is 0.326 e. The van der Waals surface area contributed by atoms with Crippen LogP contribution in [0.4, 0.5) is 0 Å². The number of amides is 1. The Hall–Kier alpha value is -2.04. The van der Waals surface area contributed by atoms with Gasteiger partial charge in [-0.3, -0.25) is 4.79 Å². The van der Waals surface area contributed by atoms with Gasteiger partial charge in [-0.15, -0.1) is 0 Å². The molecule has 0 unspecified atom stereocenters. The second kappa shape index (κ2) is 7.67. The molecule has 0 radical (unpaired) electrons. The minimum Gasteiger partial charge on any atom is -0.483 e. The van der Waals surface area contributed by atoms with Crippen molar-refractivity contribution in [2.45, 2.75) is 39.7 Å². The summed E-state index contributed by atoms with van der Waals surface area (Å²) in [6.45, 7) is 7.38. The van der Waals surface area contributed by atoms with Crippen LogP contribution in [0.2, 0.25) is 0 Å². The van der Waals surface area contributed by atoms with Crippen molar-refractivity contribution in [3.8, 4) is 5.75 Å². The van der Waals surface area contributed by atoms with Crippen molar-refractivity contribution in [1.82, 2.24) is 5.32 Å². The van der Waals surface area contributed by atoms with Gasteiger partial charge in [0, 0.05) is 0 Å². The lowest BCUT2D eigenvalue weighted by atomic mass is 10.0. The molecule has 21 heavy (non-hydrogen) atoms. The van der Waals surface area contributed by atoms with E-state index in [9.17, 15) is 9.59 Å². The third-order valence-corrected chi connectivity index (χ3v) is 3.15. The summed E-state index contributed by atoms with van der Waals surface area (Å²) in [7, 11) is 0. The molecular formula is C16H23NO4. The molecule has 0 heterocycles. The molecule has 5 heteroatoms. The Morgan fingerprint density at radius 3 is 2.33 bits per heavy atom. The first-order chi connectivity index (χ1) is 9.82. The molecular weight excluding hydrogens is 270 g/mol. The molecule has 0 spiro atoms. The van der Waals surface area contributed by atoms with Crippen LogP contribution in [0.5, 0.6) is 5.75 Å². The highest BCUT2D eigenvalue weighted by Gasteiger charge is 2.23. The third kappa shape index (κ3) is 5.10. The van der Waals surface area contributed by atoms with Gasteiger partial charge in [-0.2, -0.15) is 0 Å². The highest BCUT2D eigenvalue weighted by atomic mass is 16.5. The number of hydrogen-bond donors (Lipinski definition) is 2. The van der Waals surface area contributed by atoms with E-state index in [1.165, 1.54) is 0 Å². The van der Waals surface area contributed by atoms with Gasteiger partial charge in [-0.05, 0) is 23.5 Å². The lowest BCUT2D eigenvalue weighted by Gasteiger charge is -2.18. The number of hydrogen-bond acceptors (Lipinski definition) is 3. The second-order valence-electron chi connectivity index (χ2n) is 5.61. The first-order valence-electron chi connectivity index (χ1n) is 7.06. The Morgan fingerprint density at radius 1 is 1.19 bits per heavy atom. The molecule has 1 atom stereocenters. The zero-order valence-electron chi connectivity index (χ0n) is 12.9. The Balaban J connectivity index is 2.63. The third-order valence-electron chi connectivity index (χ3n) is 3.15. The van der Waals surface area contributed by atoms with Crippen LogP contribution >= 0.6 is 0 Å². The van der Waals surface area contributed by atoms with Gasteiger partial charge >= 0.3 is 5.97 Å². The first kappa shape index (κ1) is 17.0. The molecule has 0 bridgehead atoms. The number of ether oxygens (including phenoxy) is 1. The van der Waals surface area contributed by atoms with Crippen molar-refractivity contribution in [2.75, 3.05) is 6.61 Å². The summed E-state index contributed by atoms with van der Waals surface area (Å²) in [6, 6.07) is 6.61. The number of carbonyl (C=O) groups is 2. The van der Waals surface area contributed by atoms with Crippen LogP contribution in [0, 0.1) is 5.92 Å². The summed E-state index contributed by atoms with van der Waals surface area (Å²) in [5, 5.41) is 11.5. The lowest BCUT2D eigenvalue weighted by molar-refractivity contribution is -0.143. The maximum absolute atomic E-state index is 11.8. The van der Waals surface area contributed by atoms with Gasteiger partial charge in [0.15, 0.2) is 6.61 Å². The van der Waals surface area contributed by atoms with Gasteiger partial charge in [0.25, 0.3) is 5.91 Å². The van der Waals surface area contributed by atoms with Crippen molar-refractivity contribution >= 4 is 11.9 Å². The van der Waals surface area contributed by atoms with Crippen LogP contribution < -0.4 is 10.1 Å². The minimum atomic E-state index is -1.04. The Bertz CT molecular complexity index is 497. The number of carboxylic acid groups (broad SMARTS) is 1. The van der Waals surface area contributed by atoms with E-state index in [2.05, 4.69) is 5.32 Å². The first-order valence-corrected chi connectivity index (χ1v) is 7.06. The number of aliphatic carboxylic acids is 1. The molecule has 116 valence electrons. The van der Waals surface area contributed by atoms with Crippen molar-refractivity contribution in [1.29, 1.82) is 0 Å². The molecule has 0 saturated carbocycles. The molecule has 0 aliphatic heterocycles. The number of carbonyl (C=O) groups excluding carboxylic acids is 1. The van der Waals surface area contributed by atoms with Gasteiger partial charge < -0.3 is 15.2 Å². The molecule has 0 fully saturated rings. The Kier molecular flexibility index (Phi) is 6.21. The molecule has 1 rings (SSSR count). The van der Waals surface area contributed by atoms with Crippen LogP contribution in [0.15, 0.2) is 24.3 Å². The minimum absolute atomic E-state index is 0.186. The summed E-state index contributed by atoms with van der Waals surface area (Å²) < 4.78 is 5.52. The zero-order valence-corrected chi connectivity index (χ0v) is 12.9. The molecule has 2 N–H and O–H groups in total.